The van der Waals surface area contributed by atoms with Crippen LogP contribution < -0.4 is 4.74 Å². The van der Waals surface area contributed by atoms with Crippen molar-refractivity contribution in [2.45, 2.75) is 6.92 Å². The zero-order valence-electron chi connectivity index (χ0n) is 11.3. The summed E-state index contributed by atoms with van der Waals surface area (Å²) in [6.07, 6.45) is 0. The van der Waals surface area contributed by atoms with Crippen LogP contribution in [0.3, 0.4) is 0 Å². The molecule has 1 heterocycles. The summed E-state index contributed by atoms with van der Waals surface area (Å²) < 4.78 is 5.10. The fraction of sp³-hybridized carbons (Fsp3) is 0.286. The topological polar surface area (TPSA) is 66.8 Å². The lowest BCUT2D eigenvalue weighted by molar-refractivity contribution is -0.141. The first-order chi connectivity index (χ1) is 9.52. The quantitative estimate of drug-likeness (QED) is 0.920. The van der Waals surface area contributed by atoms with Crippen LogP contribution in [0.4, 0.5) is 0 Å². The fourth-order valence-corrected chi connectivity index (χ4v) is 2.90. The van der Waals surface area contributed by atoms with E-state index in [1.165, 1.54) is 16.7 Å². The van der Waals surface area contributed by atoms with Crippen LogP contribution in [0.25, 0.3) is 5.70 Å². The Morgan fingerprint density at radius 1 is 1.40 bits per heavy atom. The molecule has 1 aliphatic rings. The van der Waals surface area contributed by atoms with Crippen LogP contribution >= 0.6 is 11.8 Å². The van der Waals surface area contributed by atoms with Gasteiger partial charge < -0.3 is 9.84 Å². The minimum atomic E-state index is -1.02. The third kappa shape index (κ3) is 2.96. The van der Waals surface area contributed by atoms with Gasteiger partial charge >= 0.3 is 5.97 Å². The molecule has 0 saturated heterocycles. The summed E-state index contributed by atoms with van der Waals surface area (Å²) in [4.78, 5) is 25.2. The Bertz CT molecular complexity index is 565. The van der Waals surface area contributed by atoms with Gasteiger partial charge in [-0.1, -0.05) is 0 Å². The van der Waals surface area contributed by atoms with E-state index in [0.29, 0.717) is 11.4 Å². The van der Waals surface area contributed by atoms with E-state index in [9.17, 15) is 9.59 Å². The molecule has 0 fully saturated rings. The van der Waals surface area contributed by atoms with Crippen LogP contribution in [0.5, 0.6) is 5.75 Å². The van der Waals surface area contributed by atoms with Crippen LogP contribution in [-0.2, 0) is 9.59 Å². The SMILES string of the molecule is COc1ccc(C2=C(C)SCC(=O)N2CC(=O)O)cc1. The number of hydrogen-bond acceptors (Lipinski definition) is 4. The van der Waals surface area contributed by atoms with Crippen molar-refractivity contribution in [1.82, 2.24) is 4.90 Å². The third-order valence-electron chi connectivity index (χ3n) is 2.97. The second kappa shape index (κ2) is 6.00. The number of hydrogen-bond donors (Lipinski definition) is 1. The minimum Gasteiger partial charge on any atom is -0.497 e. The number of methoxy groups -OCH3 is 1. The molecule has 0 atom stereocenters. The number of aliphatic carboxylic acids is 1. The van der Waals surface area contributed by atoms with Crippen LogP contribution in [-0.4, -0.2) is 41.3 Å². The number of rotatable bonds is 4. The van der Waals surface area contributed by atoms with Gasteiger partial charge in [-0.05, 0) is 36.8 Å². The molecule has 0 aromatic heterocycles. The molecule has 106 valence electrons. The van der Waals surface area contributed by atoms with Crippen molar-refractivity contribution in [3.63, 3.8) is 0 Å². The van der Waals surface area contributed by atoms with E-state index in [1.54, 1.807) is 19.2 Å². The predicted octanol–water partition coefficient (Wildman–Crippen LogP) is 2.04. The number of carboxylic acids is 1. The monoisotopic (exact) mass is 293 g/mol. The molecule has 1 aromatic rings. The molecule has 0 bridgehead atoms. The first-order valence-corrected chi connectivity index (χ1v) is 7.01. The van der Waals surface area contributed by atoms with E-state index in [1.807, 2.05) is 19.1 Å². The number of amides is 1. The van der Waals surface area contributed by atoms with Gasteiger partial charge in [0.15, 0.2) is 0 Å². The van der Waals surface area contributed by atoms with Gasteiger partial charge in [0.05, 0.1) is 18.6 Å². The van der Waals surface area contributed by atoms with Crippen molar-refractivity contribution in [1.29, 1.82) is 0 Å². The van der Waals surface area contributed by atoms with E-state index < -0.39 is 5.97 Å². The summed E-state index contributed by atoms with van der Waals surface area (Å²) in [5.41, 5.74) is 1.47. The number of benzene rings is 1. The molecule has 1 N–H and O–H groups in total. The highest BCUT2D eigenvalue weighted by Gasteiger charge is 2.28. The Morgan fingerprint density at radius 3 is 2.60 bits per heavy atom. The molecule has 1 aliphatic heterocycles. The highest BCUT2D eigenvalue weighted by molar-refractivity contribution is 8.03. The maximum Gasteiger partial charge on any atom is 0.323 e. The standard InChI is InChI=1S/C14H15NO4S/c1-9-14(10-3-5-11(19-2)6-4-10)15(7-13(17)18)12(16)8-20-9/h3-6H,7-8H2,1-2H3,(H,17,18). The van der Waals surface area contributed by atoms with Gasteiger partial charge in [-0.25, -0.2) is 0 Å². The number of thioether (sulfide) groups is 1. The van der Waals surface area contributed by atoms with E-state index in [2.05, 4.69) is 0 Å². The van der Waals surface area contributed by atoms with Gasteiger partial charge in [0.1, 0.15) is 12.3 Å². The molecule has 2 rings (SSSR count). The molecule has 0 unspecified atom stereocenters. The molecule has 1 aromatic carbocycles. The number of carbonyl (C=O) groups is 2. The molecular formula is C14H15NO4S. The second-order valence-corrected chi connectivity index (χ2v) is 5.49. The highest BCUT2D eigenvalue weighted by Crippen LogP contribution is 2.34. The second-order valence-electron chi connectivity index (χ2n) is 4.30. The first-order valence-electron chi connectivity index (χ1n) is 6.03. The Labute approximate surface area is 121 Å². The average Bonchev–Trinajstić information content (AvgIpc) is 2.43. The van der Waals surface area contributed by atoms with Gasteiger partial charge in [0.25, 0.3) is 0 Å². The summed E-state index contributed by atoms with van der Waals surface area (Å²) in [6.45, 7) is 1.57. The van der Waals surface area contributed by atoms with Crippen molar-refractivity contribution >= 4 is 29.3 Å². The smallest absolute Gasteiger partial charge is 0.323 e. The number of ether oxygens (including phenoxy) is 1. The number of allylic oxidation sites excluding steroid dienone is 1. The molecular weight excluding hydrogens is 278 g/mol. The molecule has 5 nitrogen and oxygen atoms in total. The van der Waals surface area contributed by atoms with Crippen LogP contribution in [0.15, 0.2) is 29.2 Å². The highest BCUT2D eigenvalue weighted by atomic mass is 32.2. The summed E-state index contributed by atoms with van der Waals surface area (Å²) in [5.74, 6) is -0.219. The van der Waals surface area contributed by atoms with Crippen molar-refractivity contribution in [3.05, 3.63) is 34.7 Å². The van der Waals surface area contributed by atoms with E-state index in [4.69, 9.17) is 9.84 Å². The van der Waals surface area contributed by atoms with E-state index >= 15 is 0 Å². The summed E-state index contributed by atoms with van der Waals surface area (Å²) in [7, 11) is 1.58. The van der Waals surface area contributed by atoms with Crippen molar-refractivity contribution in [3.8, 4) is 5.75 Å². The van der Waals surface area contributed by atoms with Gasteiger partial charge in [0.2, 0.25) is 5.91 Å². The molecule has 1 amide bonds. The Kier molecular flexibility index (Phi) is 4.34. The number of carboxylic acid groups (broad SMARTS) is 1. The molecule has 0 saturated carbocycles. The van der Waals surface area contributed by atoms with Crippen LogP contribution in [0.2, 0.25) is 0 Å². The molecule has 0 spiro atoms. The third-order valence-corrected chi connectivity index (χ3v) is 3.99. The number of carbonyl (C=O) groups excluding carboxylic acids is 1. The van der Waals surface area contributed by atoms with E-state index in [0.717, 1.165) is 10.5 Å². The Hall–Kier alpha value is -1.95. The van der Waals surface area contributed by atoms with Crippen molar-refractivity contribution < 1.29 is 19.4 Å². The van der Waals surface area contributed by atoms with Crippen molar-refractivity contribution in [2.24, 2.45) is 0 Å². The predicted molar refractivity (Wildman–Crippen MR) is 77.4 cm³/mol. The lowest BCUT2D eigenvalue weighted by Gasteiger charge is -2.29. The first kappa shape index (κ1) is 14.5. The zero-order chi connectivity index (χ0) is 14.7. The fourth-order valence-electron chi connectivity index (χ4n) is 2.04. The zero-order valence-corrected chi connectivity index (χ0v) is 12.1. The Balaban J connectivity index is 2.41. The Morgan fingerprint density at radius 2 is 2.05 bits per heavy atom. The maximum atomic E-state index is 12.0. The normalized spacial score (nSPS) is 15.5. The lowest BCUT2D eigenvalue weighted by atomic mass is 10.1. The maximum absolute atomic E-state index is 12.0. The van der Waals surface area contributed by atoms with Gasteiger partial charge in [0, 0.05) is 4.91 Å². The minimum absolute atomic E-state index is 0.186. The molecule has 20 heavy (non-hydrogen) atoms. The van der Waals surface area contributed by atoms with Gasteiger partial charge in [-0.3, -0.25) is 14.5 Å². The van der Waals surface area contributed by atoms with Gasteiger partial charge in [-0.15, -0.1) is 11.8 Å². The number of nitrogens with zero attached hydrogens (tertiary/aromatic N) is 1. The average molecular weight is 293 g/mol. The summed E-state index contributed by atoms with van der Waals surface area (Å²) >= 11 is 1.43. The largest absolute Gasteiger partial charge is 0.497 e. The van der Waals surface area contributed by atoms with Crippen molar-refractivity contribution in [2.75, 3.05) is 19.4 Å². The summed E-state index contributed by atoms with van der Waals surface area (Å²) in [5, 5.41) is 8.97. The lowest BCUT2D eigenvalue weighted by Crippen LogP contribution is -2.38. The van der Waals surface area contributed by atoms with Gasteiger partial charge in [-0.2, -0.15) is 0 Å². The summed E-state index contributed by atoms with van der Waals surface area (Å²) in [6, 6.07) is 7.23. The van der Waals surface area contributed by atoms with Crippen LogP contribution in [0, 0.1) is 0 Å². The molecule has 0 radical (unpaired) electrons. The molecule has 0 aliphatic carbocycles. The van der Waals surface area contributed by atoms with Crippen LogP contribution in [0.1, 0.15) is 12.5 Å². The van der Waals surface area contributed by atoms with E-state index in [-0.39, 0.29) is 18.2 Å². The molecule has 6 heteroatoms.